The number of halogens is 2. The maximum absolute atomic E-state index is 13.4. The standard InChI is InChI=1S/C24H20Cl2N4O4/c1-4-19(31)28-14-7-5-6-13(10-14)23-27-12-16-15(29-23)8-9-30(16)24(32)20-21(25)17(33-2)11-18(34-3)22(20)26/h5-12H,4H2,1-3H3,(H,28,31). The van der Waals surface area contributed by atoms with Gasteiger partial charge >= 0.3 is 0 Å². The smallest absolute Gasteiger partial charge is 0.265 e. The Morgan fingerprint density at radius 2 is 1.76 bits per heavy atom. The van der Waals surface area contributed by atoms with Gasteiger partial charge in [0.25, 0.3) is 5.91 Å². The van der Waals surface area contributed by atoms with Crippen LogP contribution < -0.4 is 14.8 Å². The highest BCUT2D eigenvalue weighted by atomic mass is 35.5. The molecule has 2 heterocycles. The van der Waals surface area contributed by atoms with E-state index in [2.05, 4.69) is 15.3 Å². The number of rotatable bonds is 6. The van der Waals surface area contributed by atoms with Gasteiger partial charge in [-0.25, -0.2) is 9.97 Å². The summed E-state index contributed by atoms with van der Waals surface area (Å²) < 4.78 is 11.9. The summed E-state index contributed by atoms with van der Waals surface area (Å²) in [6.45, 7) is 1.78. The highest BCUT2D eigenvalue weighted by Crippen LogP contribution is 2.41. The van der Waals surface area contributed by atoms with Crippen LogP contribution >= 0.6 is 23.2 Å². The van der Waals surface area contributed by atoms with Crippen LogP contribution in [0.5, 0.6) is 11.5 Å². The van der Waals surface area contributed by atoms with Gasteiger partial charge in [-0.2, -0.15) is 0 Å². The molecule has 1 amide bonds. The SMILES string of the molecule is CCC(=O)Nc1cccc(-c2ncc3c(ccn3C(=O)c3c(Cl)c(OC)cc(OC)c3Cl)n2)c1. The summed E-state index contributed by atoms with van der Waals surface area (Å²) in [5, 5.41) is 2.96. The number of hydrogen-bond acceptors (Lipinski definition) is 6. The summed E-state index contributed by atoms with van der Waals surface area (Å²) in [5.41, 5.74) is 2.43. The molecule has 8 nitrogen and oxygen atoms in total. The van der Waals surface area contributed by atoms with Crippen LogP contribution in [0.25, 0.3) is 22.4 Å². The van der Waals surface area contributed by atoms with Crippen LogP contribution in [0.3, 0.4) is 0 Å². The predicted octanol–water partition coefficient (Wildman–Crippen LogP) is 5.46. The molecule has 0 aliphatic carbocycles. The first-order chi connectivity index (χ1) is 16.4. The monoisotopic (exact) mass is 498 g/mol. The quantitative estimate of drug-likeness (QED) is 0.379. The van der Waals surface area contributed by atoms with Gasteiger partial charge in [0.05, 0.1) is 47.1 Å². The van der Waals surface area contributed by atoms with Crippen LogP contribution in [0.15, 0.2) is 48.8 Å². The van der Waals surface area contributed by atoms with Crippen molar-refractivity contribution >= 4 is 51.7 Å². The molecule has 0 radical (unpaired) electrons. The molecule has 174 valence electrons. The molecule has 0 spiro atoms. The molecule has 34 heavy (non-hydrogen) atoms. The van der Waals surface area contributed by atoms with Crippen LogP contribution in [0.1, 0.15) is 23.7 Å². The fourth-order valence-corrected chi connectivity index (χ4v) is 4.08. The molecule has 0 aliphatic rings. The van der Waals surface area contributed by atoms with Crippen LogP contribution in [-0.2, 0) is 4.79 Å². The highest BCUT2D eigenvalue weighted by Gasteiger charge is 2.25. The molecule has 4 aromatic rings. The first-order valence-electron chi connectivity index (χ1n) is 10.3. The Balaban J connectivity index is 1.74. The van der Waals surface area contributed by atoms with Crippen LogP contribution in [0, 0.1) is 0 Å². The van der Waals surface area contributed by atoms with E-state index in [1.807, 2.05) is 12.1 Å². The summed E-state index contributed by atoms with van der Waals surface area (Å²) in [5.74, 6) is 0.399. The number of nitrogens with one attached hydrogen (secondary N) is 1. The number of anilines is 1. The lowest BCUT2D eigenvalue weighted by molar-refractivity contribution is -0.115. The number of carbonyl (C=O) groups excluding carboxylic acids is 2. The average Bonchev–Trinajstić information content (AvgIpc) is 3.27. The summed E-state index contributed by atoms with van der Waals surface area (Å²) in [6.07, 6.45) is 3.50. The van der Waals surface area contributed by atoms with Crippen LogP contribution in [0.2, 0.25) is 10.0 Å². The Labute approximate surface area is 205 Å². The van der Waals surface area contributed by atoms with Crippen molar-refractivity contribution in [3.63, 3.8) is 0 Å². The third kappa shape index (κ3) is 4.30. The molecule has 0 unspecified atom stereocenters. The Bertz CT molecular complexity index is 1390. The number of hydrogen-bond donors (Lipinski definition) is 1. The third-order valence-electron chi connectivity index (χ3n) is 5.17. The molecule has 4 rings (SSSR count). The van der Waals surface area contributed by atoms with E-state index in [0.717, 1.165) is 5.56 Å². The highest BCUT2D eigenvalue weighted by molar-refractivity contribution is 6.41. The molecule has 1 N–H and O–H groups in total. The number of carbonyl (C=O) groups is 2. The van der Waals surface area contributed by atoms with Gasteiger partial charge in [0.2, 0.25) is 5.91 Å². The van der Waals surface area contributed by atoms with E-state index in [0.29, 0.717) is 29.0 Å². The minimum Gasteiger partial charge on any atom is -0.495 e. The third-order valence-corrected chi connectivity index (χ3v) is 5.92. The van der Waals surface area contributed by atoms with Crippen LogP contribution in [-0.4, -0.2) is 40.6 Å². The van der Waals surface area contributed by atoms with Crippen LogP contribution in [0.4, 0.5) is 5.69 Å². The van der Waals surface area contributed by atoms with Gasteiger partial charge in [-0.05, 0) is 18.2 Å². The second-order valence-corrected chi connectivity index (χ2v) is 7.98. The lowest BCUT2D eigenvalue weighted by atomic mass is 10.1. The first-order valence-corrected chi connectivity index (χ1v) is 11.0. The van der Waals surface area contributed by atoms with Crippen molar-refractivity contribution in [2.45, 2.75) is 13.3 Å². The molecule has 2 aromatic heterocycles. The number of benzene rings is 2. The zero-order valence-electron chi connectivity index (χ0n) is 18.6. The molecular weight excluding hydrogens is 479 g/mol. The van der Waals surface area contributed by atoms with Crippen molar-refractivity contribution in [1.82, 2.24) is 14.5 Å². The average molecular weight is 499 g/mol. The molecule has 10 heteroatoms. The van der Waals surface area contributed by atoms with Gasteiger partial charge in [-0.1, -0.05) is 42.3 Å². The molecule has 0 fully saturated rings. The maximum atomic E-state index is 13.4. The van der Waals surface area contributed by atoms with Crippen molar-refractivity contribution in [1.29, 1.82) is 0 Å². The summed E-state index contributed by atoms with van der Waals surface area (Å²) in [4.78, 5) is 34.1. The van der Waals surface area contributed by atoms with E-state index < -0.39 is 5.91 Å². The number of nitrogens with zero attached hydrogens (tertiary/aromatic N) is 3. The predicted molar refractivity (Wildman–Crippen MR) is 131 cm³/mol. The lowest BCUT2D eigenvalue weighted by Gasteiger charge is -2.14. The van der Waals surface area contributed by atoms with Crippen molar-refractivity contribution in [3.8, 4) is 22.9 Å². The Morgan fingerprint density at radius 3 is 2.41 bits per heavy atom. The molecule has 0 aliphatic heterocycles. The van der Waals surface area contributed by atoms with Crippen molar-refractivity contribution in [2.24, 2.45) is 0 Å². The lowest BCUT2D eigenvalue weighted by Crippen LogP contribution is -2.13. The van der Waals surface area contributed by atoms with E-state index in [1.54, 1.807) is 37.5 Å². The number of ether oxygens (including phenoxy) is 2. The van der Waals surface area contributed by atoms with Crippen molar-refractivity contribution < 1.29 is 19.1 Å². The number of aromatic nitrogens is 3. The first kappa shape index (κ1) is 23.5. The van der Waals surface area contributed by atoms with Gasteiger partial charge in [0, 0.05) is 29.9 Å². The number of amides is 1. The van der Waals surface area contributed by atoms with Crippen molar-refractivity contribution in [3.05, 3.63) is 64.4 Å². The Kier molecular flexibility index (Phi) is 6.72. The van der Waals surface area contributed by atoms with Gasteiger partial charge < -0.3 is 14.8 Å². The fraction of sp³-hybridized carbons (Fsp3) is 0.167. The summed E-state index contributed by atoms with van der Waals surface area (Å²) >= 11 is 12.8. The normalized spacial score (nSPS) is 10.9. The fourth-order valence-electron chi connectivity index (χ4n) is 3.42. The Morgan fingerprint density at radius 1 is 1.06 bits per heavy atom. The number of methoxy groups -OCH3 is 2. The van der Waals surface area contributed by atoms with Gasteiger partial charge in [0.15, 0.2) is 5.82 Å². The molecule has 0 bridgehead atoms. The van der Waals surface area contributed by atoms with Gasteiger partial charge in [0.1, 0.15) is 11.5 Å². The Hall–Kier alpha value is -3.62. The summed E-state index contributed by atoms with van der Waals surface area (Å²) in [6, 6.07) is 10.4. The van der Waals surface area contributed by atoms with Gasteiger partial charge in [-0.15, -0.1) is 0 Å². The summed E-state index contributed by atoms with van der Waals surface area (Å²) in [7, 11) is 2.87. The number of fused-ring (bicyclic) bond motifs is 1. The minimum atomic E-state index is -0.483. The second-order valence-electron chi connectivity index (χ2n) is 7.22. The maximum Gasteiger partial charge on any atom is 0.265 e. The second kappa shape index (κ2) is 9.70. The molecule has 0 atom stereocenters. The molecular formula is C24H20Cl2N4O4. The zero-order valence-corrected chi connectivity index (χ0v) is 20.1. The minimum absolute atomic E-state index is 0.0421. The van der Waals surface area contributed by atoms with E-state index in [4.69, 9.17) is 32.7 Å². The van der Waals surface area contributed by atoms with Crippen molar-refractivity contribution in [2.75, 3.05) is 19.5 Å². The topological polar surface area (TPSA) is 95.3 Å². The zero-order chi connectivity index (χ0) is 24.4. The van der Waals surface area contributed by atoms with Gasteiger partial charge in [-0.3, -0.25) is 14.2 Å². The molecule has 2 aromatic carbocycles. The van der Waals surface area contributed by atoms with E-state index in [1.165, 1.54) is 24.9 Å². The largest absolute Gasteiger partial charge is 0.495 e. The molecule has 0 saturated heterocycles. The molecule has 0 saturated carbocycles. The van der Waals surface area contributed by atoms with E-state index >= 15 is 0 Å². The van der Waals surface area contributed by atoms with E-state index in [-0.39, 0.29) is 33.0 Å². The van der Waals surface area contributed by atoms with E-state index in [9.17, 15) is 9.59 Å².